The van der Waals surface area contributed by atoms with Crippen molar-refractivity contribution < 1.29 is 13.5 Å². The Hall–Kier alpha value is -3.23. The minimum Gasteiger partial charge on any atom is -0.470 e. The summed E-state index contributed by atoms with van der Waals surface area (Å²) in [6.07, 6.45) is 3.57. The molecule has 2 aromatic heterocycles. The molecule has 0 aliphatic rings. The highest BCUT2D eigenvalue weighted by atomic mass is 35.5. The molecule has 0 bridgehead atoms. The normalized spacial score (nSPS) is 11.5. The van der Waals surface area contributed by atoms with Gasteiger partial charge in [0.05, 0.1) is 16.9 Å². The summed E-state index contributed by atoms with van der Waals surface area (Å²) in [5, 5.41) is 0.755. The first-order chi connectivity index (χ1) is 15.9. The molecule has 3 N–H and O–H groups in total. The lowest BCUT2D eigenvalue weighted by atomic mass is 10.1. The van der Waals surface area contributed by atoms with Crippen LogP contribution in [-0.4, -0.2) is 32.9 Å². The first-order valence-corrected chi connectivity index (χ1v) is 11.0. The second-order valence-corrected chi connectivity index (χ2v) is 7.97. The summed E-state index contributed by atoms with van der Waals surface area (Å²) in [6.45, 7) is 6.69. The topological polar surface area (TPSA) is 80.1 Å². The summed E-state index contributed by atoms with van der Waals surface area (Å²) in [7, 11) is 0. The molecule has 0 aliphatic carbocycles. The summed E-state index contributed by atoms with van der Waals surface area (Å²) in [6, 6.07) is 7.90. The van der Waals surface area contributed by atoms with E-state index in [1.165, 1.54) is 5.56 Å². The Kier molecular flexibility index (Phi) is 6.76. The number of benzene rings is 2. The molecule has 0 amide bonds. The molecule has 0 fully saturated rings. The molecule has 172 valence electrons. The quantitative estimate of drug-likeness (QED) is 0.329. The number of nitrogens with zero attached hydrogens (tertiary/aromatic N) is 3. The number of H-pyrrole nitrogens is 1. The number of anilines is 1. The van der Waals surface area contributed by atoms with Crippen LogP contribution in [0.1, 0.15) is 25.0 Å². The second kappa shape index (κ2) is 9.72. The Bertz CT molecular complexity index is 1290. The van der Waals surface area contributed by atoms with Crippen molar-refractivity contribution in [2.45, 2.75) is 27.0 Å². The van der Waals surface area contributed by atoms with Gasteiger partial charge in [-0.3, -0.25) is 4.90 Å². The molecule has 0 aliphatic heterocycles. The highest BCUT2D eigenvalue weighted by Gasteiger charge is 2.16. The Balaban J connectivity index is 1.63. The fourth-order valence-corrected chi connectivity index (χ4v) is 3.83. The van der Waals surface area contributed by atoms with E-state index in [1.807, 2.05) is 24.4 Å². The molecule has 0 saturated carbocycles. The third kappa shape index (κ3) is 4.77. The van der Waals surface area contributed by atoms with Gasteiger partial charge in [-0.05, 0) is 42.9 Å². The van der Waals surface area contributed by atoms with Crippen LogP contribution in [0.15, 0.2) is 42.7 Å². The smallest absolute Gasteiger partial charge is 0.258 e. The zero-order valence-electron chi connectivity index (χ0n) is 18.3. The molecule has 0 spiro atoms. The second-order valence-electron chi connectivity index (χ2n) is 7.59. The van der Waals surface area contributed by atoms with Crippen molar-refractivity contribution in [3.05, 3.63) is 70.5 Å². The minimum absolute atomic E-state index is 0.0183. The third-order valence-electron chi connectivity index (χ3n) is 5.61. The van der Waals surface area contributed by atoms with Gasteiger partial charge >= 0.3 is 0 Å². The number of nitrogens with two attached hydrogens (primary N) is 1. The van der Waals surface area contributed by atoms with Crippen LogP contribution in [0, 0.1) is 11.6 Å². The number of nitrogens with one attached hydrogen (secondary N) is 1. The van der Waals surface area contributed by atoms with Gasteiger partial charge in [-0.1, -0.05) is 31.5 Å². The van der Waals surface area contributed by atoms with Crippen LogP contribution in [0.3, 0.4) is 0 Å². The van der Waals surface area contributed by atoms with E-state index >= 15 is 0 Å². The lowest BCUT2D eigenvalue weighted by Gasteiger charge is -2.17. The Morgan fingerprint density at radius 1 is 1.12 bits per heavy atom. The molecule has 0 saturated heterocycles. The Labute approximate surface area is 195 Å². The zero-order valence-corrected chi connectivity index (χ0v) is 19.1. The number of rotatable bonds is 8. The number of aromatic nitrogens is 3. The molecular weight excluding hydrogens is 448 g/mol. The highest BCUT2D eigenvalue weighted by Crippen LogP contribution is 2.29. The predicted molar refractivity (Wildman–Crippen MR) is 126 cm³/mol. The molecule has 4 aromatic rings. The van der Waals surface area contributed by atoms with Crippen molar-refractivity contribution in [2.24, 2.45) is 0 Å². The molecule has 9 heteroatoms. The third-order valence-corrected chi connectivity index (χ3v) is 6.02. The van der Waals surface area contributed by atoms with E-state index in [2.05, 4.69) is 33.7 Å². The van der Waals surface area contributed by atoms with E-state index in [0.717, 1.165) is 48.2 Å². The van der Waals surface area contributed by atoms with Gasteiger partial charge in [-0.2, -0.15) is 0 Å². The van der Waals surface area contributed by atoms with Crippen LogP contribution in [0.4, 0.5) is 14.6 Å². The standard InChI is InChI=1S/C24H24ClF2N5O/c1-3-32(4-2)12-15-10-29-20-8-5-14(9-16(15)20)21-11-30-23(28)24(31-21)33-13-17-18(26)6-7-19(27)22(17)25/h5-11,29H,3-4,12-13H2,1-2H3,(H2,28,30). The molecule has 0 unspecified atom stereocenters. The van der Waals surface area contributed by atoms with Gasteiger partial charge in [0.25, 0.3) is 5.88 Å². The maximum absolute atomic E-state index is 14.1. The molecule has 0 radical (unpaired) electrons. The van der Waals surface area contributed by atoms with Crippen LogP contribution >= 0.6 is 11.6 Å². The Morgan fingerprint density at radius 3 is 2.64 bits per heavy atom. The largest absolute Gasteiger partial charge is 0.470 e. The van der Waals surface area contributed by atoms with Crippen molar-refractivity contribution in [1.82, 2.24) is 19.9 Å². The van der Waals surface area contributed by atoms with E-state index in [4.69, 9.17) is 22.1 Å². The van der Waals surface area contributed by atoms with E-state index in [9.17, 15) is 8.78 Å². The fourth-order valence-electron chi connectivity index (χ4n) is 3.63. The number of ether oxygens (including phenoxy) is 1. The monoisotopic (exact) mass is 471 g/mol. The van der Waals surface area contributed by atoms with Crippen LogP contribution < -0.4 is 10.5 Å². The number of fused-ring (bicyclic) bond motifs is 1. The molecule has 2 aromatic carbocycles. The van der Waals surface area contributed by atoms with Crippen molar-refractivity contribution in [3.8, 4) is 17.1 Å². The summed E-state index contributed by atoms with van der Waals surface area (Å²) in [5.74, 6) is -1.35. The molecule has 33 heavy (non-hydrogen) atoms. The molecule has 0 atom stereocenters. The van der Waals surface area contributed by atoms with Gasteiger partial charge in [0.2, 0.25) is 0 Å². The fraction of sp³-hybridized carbons (Fsp3) is 0.250. The average molecular weight is 472 g/mol. The molecule has 6 nitrogen and oxygen atoms in total. The average Bonchev–Trinajstić information content (AvgIpc) is 3.22. The van der Waals surface area contributed by atoms with Crippen LogP contribution in [0.25, 0.3) is 22.2 Å². The lowest BCUT2D eigenvalue weighted by Crippen LogP contribution is -2.21. The number of hydrogen-bond acceptors (Lipinski definition) is 5. The maximum Gasteiger partial charge on any atom is 0.258 e. The van der Waals surface area contributed by atoms with E-state index in [0.29, 0.717) is 5.69 Å². The Morgan fingerprint density at radius 2 is 1.88 bits per heavy atom. The van der Waals surface area contributed by atoms with Crippen LogP contribution in [-0.2, 0) is 13.2 Å². The van der Waals surface area contributed by atoms with Gasteiger partial charge in [0.15, 0.2) is 5.82 Å². The van der Waals surface area contributed by atoms with Crippen molar-refractivity contribution in [2.75, 3.05) is 18.8 Å². The van der Waals surface area contributed by atoms with Crippen molar-refractivity contribution in [3.63, 3.8) is 0 Å². The number of nitrogen functional groups attached to an aromatic ring is 1. The first-order valence-electron chi connectivity index (χ1n) is 10.6. The van der Waals surface area contributed by atoms with Crippen LogP contribution in [0.5, 0.6) is 5.88 Å². The van der Waals surface area contributed by atoms with Gasteiger partial charge in [-0.15, -0.1) is 0 Å². The number of hydrogen-bond donors (Lipinski definition) is 2. The van der Waals surface area contributed by atoms with Gasteiger partial charge in [0.1, 0.15) is 18.2 Å². The van der Waals surface area contributed by atoms with Gasteiger partial charge in [0, 0.05) is 34.8 Å². The molecule has 2 heterocycles. The zero-order chi connectivity index (χ0) is 23.5. The summed E-state index contributed by atoms with van der Waals surface area (Å²) < 4.78 is 33.3. The summed E-state index contributed by atoms with van der Waals surface area (Å²) in [4.78, 5) is 14.3. The lowest BCUT2D eigenvalue weighted by molar-refractivity contribution is 0.288. The van der Waals surface area contributed by atoms with Gasteiger partial charge < -0.3 is 15.5 Å². The maximum atomic E-state index is 14.1. The summed E-state index contributed by atoms with van der Waals surface area (Å²) >= 11 is 5.88. The summed E-state index contributed by atoms with van der Waals surface area (Å²) in [5.41, 5.74) is 9.38. The molecule has 4 rings (SSSR count). The predicted octanol–water partition coefficient (Wildman–Crippen LogP) is 5.56. The van der Waals surface area contributed by atoms with Gasteiger partial charge in [-0.25, -0.2) is 18.7 Å². The highest BCUT2D eigenvalue weighted by molar-refractivity contribution is 6.31. The van der Waals surface area contributed by atoms with Crippen LogP contribution in [0.2, 0.25) is 5.02 Å². The molecular formula is C24H24ClF2N5O. The number of aromatic amines is 1. The van der Waals surface area contributed by atoms with E-state index < -0.39 is 11.6 Å². The van der Waals surface area contributed by atoms with Crippen molar-refractivity contribution in [1.29, 1.82) is 0 Å². The first kappa shape index (κ1) is 22.9. The van der Waals surface area contributed by atoms with E-state index in [1.54, 1.807) is 6.20 Å². The SMILES string of the molecule is CCN(CC)Cc1c[nH]c2ccc(-c3cnc(N)c(OCc4c(F)ccc(F)c4Cl)n3)cc12. The number of halogens is 3. The minimum atomic E-state index is -0.732. The van der Waals surface area contributed by atoms with E-state index in [-0.39, 0.29) is 28.9 Å². The van der Waals surface area contributed by atoms with Crippen molar-refractivity contribution >= 4 is 28.3 Å².